The zero-order valence-corrected chi connectivity index (χ0v) is 15.8. The van der Waals surface area contributed by atoms with Crippen LogP contribution >= 0.6 is 0 Å². The Kier molecular flexibility index (Phi) is 7.51. The molecule has 0 heterocycles. The zero-order chi connectivity index (χ0) is 19.7. The number of ketones is 1. The molecule has 1 amide bonds. The van der Waals surface area contributed by atoms with Crippen molar-refractivity contribution in [3.63, 3.8) is 0 Å². The second kappa shape index (κ2) is 9.84. The molecule has 0 saturated heterocycles. The van der Waals surface area contributed by atoms with Crippen LogP contribution in [0.3, 0.4) is 0 Å². The Morgan fingerprint density at radius 3 is 2.44 bits per heavy atom. The fourth-order valence-corrected chi connectivity index (χ4v) is 3.31. The number of benzene rings is 2. The Bertz CT molecular complexity index is 882. The van der Waals surface area contributed by atoms with E-state index < -0.39 is 10.0 Å². The molecular weight excluding hydrogens is 368 g/mol. The van der Waals surface area contributed by atoms with Crippen molar-refractivity contribution in [2.24, 2.45) is 0 Å². The average molecular weight is 390 g/mol. The smallest absolute Gasteiger partial charge is 0.240 e. The van der Waals surface area contributed by atoms with Gasteiger partial charge in [0, 0.05) is 18.5 Å². The summed E-state index contributed by atoms with van der Waals surface area (Å²) in [6.45, 7) is 1.96. The summed E-state index contributed by atoms with van der Waals surface area (Å²) in [5.41, 5.74) is 0.314. The molecule has 27 heavy (non-hydrogen) atoms. The van der Waals surface area contributed by atoms with Crippen LogP contribution < -0.4 is 14.8 Å². The summed E-state index contributed by atoms with van der Waals surface area (Å²) in [5, 5.41) is 2.66. The molecule has 7 nitrogen and oxygen atoms in total. The summed E-state index contributed by atoms with van der Waals surface area (Å²) in [6, 6.07) is 15.0. The van der Waals surface area contributed by atoms with Crippen molar-refractivity contribution in [2.45, 2.75) is 18.2 Å². The minimum Gasteiger partial charge on any atom is -0.492 e. The molecule has 2 N–H and O–H groups in total. The van der Waals surface area contributed by atoms with E-state index in [9.17, 15) is 18.0 Å². The molecular formula is C19H22N2O5S. The molecule has 0 aromatic heterocycles. The number of Topliss-reactive ketones (excluding diaryl/α,β-unsaturated/α-hetero) is 1. The summed E-state index contributed by atoms with van der Waals surface area (Å²) in [5.74, 6) is 0.211. The van der Waals surface area contributed by atoms with Gasteiger partial charge in [0.2, 0.25) is 15.9 Å². The van der Waals surface area contributed by atoms with Crippen LogP contribution in [0, 0.1) is 0 Å². The molecule has 0 unspecified atom stereocenters. The maximum absolute atomic E-state index is 12.2. The van der Waals surface area contributed by atoms with E-state index in [0.29, 0.717) is 24.5 Å². The molecule has 0 atom stereocenters. The topological polar surface area (TPSA) is 102 Å². The standard InChI is InChI=1S/C19H22N2O5S/c1-15(22)16-6-5-9-18(14-16)27(24,25)21-11-10-19(23)20-12-13-26-17-7-3-2-4-8-17/h2-9,14,21H,10-13H2,1H3,(H,20,23). The van der Waals surface area contributed by atoms with Gasteiger partial charge in [0.05, 0.1) is 11.4 Å². The second-order valence-corrected chi connectivity index (χ2v) is 7.51. The maximum atomic E-state index is 12.2. The minimum atomic E-state index is -3.78. The maximum Gasteiger partial charge on any atom is 0.240 e. The van der Waals surface area contributed by atoms with Crippen LogP contribution in [-0.4, -0.2) is 39.8 Å². The Morgan fingerprint density at radius 2 is 1.74 bits per heavy atom. The van der Waals surface area contributed by atoms with Gasteiger partial charge in [-0.05, 0) is 31.2 Å². The van der Waals surface area contributed by atoms with Crippen molar-refractivity contribution in [2.75, 3.05) is 19.7 Å². The molecule has 0 bridgehead atoms. The van der Waals surface area contributed by atoms with Crippen molar-refractivity contribution in [3.8, 4) is 5.75 Å². The van der Waals surface area contributed by atoms with Crippen LogP contribution in [0.1, 0.15) is 23.7 Å². The van der Waals surface area contributed by atoms with Gasteiger partial charge in [-0.3, -0.25) is 9.59 Å². The Morgan fingerprint density at radius 1 is 1.00 bits per heavy atom. The third-order valence-corrected chi connectivity index (χ3v) is 5.09. The van der Waals surface area contributed by atoms with Crippen molar-refractivity contribution < 1.29 is 22.7 Å². The van der Waals surface area contributed by atoms with Crippen LogP contribution in [0.15, 0.2) is 59.5 Å². The minimum absolute atomic E-state index is 0.00301. The van der Waals surface area contributed by atoms with E-state index in [1.165, 1.54) is 25.1 Å². The third kappa shape index (κ3) is 6.84. The summed E-state index contributed by atoms with van der Waals surface area (Å²) in [4.78, 5) is 23.1. The fourth-order valence-electron chi connectivity index (χ4n) is 2.23. The van der Waals surface area contributed by atoms with Crippen LogP contribution in [0.2, 0.25) is 0 Å². The summed E-state index contributed by atoms with van der Waals surface area (Å²) >= 11 is 0. The molecule has 0 spiro atoms. The van der Waals surface area contributed by atoms with Gasteiger partial charge >= 0.3 is 0 Å². The van der Waals surface area contributed by atoms with Crippen molar-refractivity contribution in [1.82, 2.24) is 10.0 Å². The summed E-state index contributed by atoms with van der Waals surface area (Å²) < 4.78 is 32.3. The largest absolute Gasteiger partial charge is 0.492 e. The molecule has 0 aliphatic rings. The molecule has 8 heteroatoms. The first-order chi connectivity index (χ1) is 12.9. The summed E-state index contributed by atoms with van der Waals surface area (Å²) in [6.07, 6.45) is -0.00301. The highest BCUT2D eigenvalue weighted by Crippen LogP contribution is 2.12. The Hall–Kier alpha value is -2.71. The molecule has 0 aliphatic carbocycles. The molecule has 144 valence electrons. The highest BCUT2D eigenvalue weighted by molar-refractivity contribution is 7.89. The molecule has 0 radical (unpaired) electrons. The quantitative estimate of drug-likeness (QED) is 0.475. The molecule has 2 aromatic rings. The third-order valence-electron chi connectivity index (χ3n) is 3.63. The number of carbonyl (C=O) groups excluding carboxylic acids is 2. The molecule has 0 aliphatic heterocycles. The number of hydrogen-bond donors (Lipinski definition) is 2. The lowest BCUT2D eigenvalue weighted by atomic mass is 10.2. The molecule has 0 fully saturated rings. The van der Waals surface area contributed by atoms with E-state index in [1.807, 2.05) is 30.3 Å². The van der Waals surface area contributed by atoms with Gasteiger partial charge in [0.25, 0.3) is 0 Å². The van der Waals surface area contributed by atoms with Gasteiger partial charge in [0.15, 0.2) is 5.78 Å². The fraction of sp³-hybridized carbons (Fsp3) is 0.263. The van der Waals surface area contributed by atoms with Gasteiger partial charge in [-0.25, -0.2) is 13.1 Å². The zero-order valence-electron chi connectivity index (χ0n) is 15.0. The van der Waals surface area contributed by atoms with Gasteiger partial charge in [-0.15, -0.1) is 0 Å². The first-order valence-corrected chi connectivity index (χ1v) is 9.92. The predicted octanol–water partition coefficient (Wildman–Crippen LogP) is 1.75. The lowest BCUT2D eigenvalue weighted by Gasteiger charge is -2.09. The van der Waals surface area contributed by atoms with E-state index >= 15 is 0 Å². The van der Waals surface area contributed by atoms with Crippen molar-refractivity contribution in [1.29, 1.82) is 0 Å². The number of hydrogen-bond acceptors (Lipinski definition) is 5. The SMILES string of the molecule is CC(=O)c1cccc(S(=O)(=O)NCCC(=O)NCCOc2ccccc2)c1. The highest BCUT2D eigenvalue weighted by Gasteiger charge is 2.15. The van der Waals surface area contributed by atoms with Crippen molar-refractivity contribution >= 4 is 21.7 Å². The van der Waals surface area contributed by atoms with Gasteiger partial charge < -0.3 is 10.1 Å². The number of carbonyl (C=O) groups is 2. The number of rotatable bonds is 10. The van der Waals surface area contributed by atoms with E-state index in [4.69, 9.17) is 4.74 Å². The summed E-state index contributed by atoms with van der Waals surface area (Å²) in [7, 11) is -3.78. The normalized spacial score (nSPS) is 11.0. The van der Waals surface area contributed by atoms with E-state index in [1.54, 1.807) is 6.07 Å². The van der Waals surface area contributed by atoms with Crippen LogP contribution in [0.5, 0.6) is 5.75 Å². The molecule has 2 aromatic carbocycles. The van der Waals surface area contributed by atoms with Crippen LogP contribution in [0.25, 0.3) is 0 Å². The van der Waals surface area contributed by atoms with Gasteiger partial charge in [-0.1, -0.05) is 30.3 Å². The first kappa shape index (κ1) is 20.6. The lowest BCUT2D eigenvalue weighted by molar-refractivity contribution is -0.121. The number of nitrogens with one attached hydrogen (secondary N) is 2. The molecule has 2 rings (SSSR count). The van der Waals surface area contributed by atoms with E-state index in [0.717, 1.165) is 0 Å². The Balaban J connectivity index is 1.72. The van der Waals surface area contributed by atoms with Crippen LogP contribution in [-0.2, 0) is 14.8 Å². The lowest BCUT2D eigenvalue weighted by Crippen LogP contribution is -2.32. The highest BCUT2D eigenvalue weighted by atomic mass is 32.2. The number of ether oxygens (including phenoxy) is 1. The number of amides is 1. The van der Waals surface area contributed by atoms with Crippen LogP contribution in [0.4, 0.5) is 0 Å². The Labute approximate surface area is 158 Å². The first-order valence-electron chi connectivity index (χ1n) is 8.44. The van der Waals surface area contributed by atoms with E-state index in [-0.39, 0.29) is 29.6 Å². The average Bonchev–Trinajstić information content (AvgIpc) is 2.66. The monoisotopic (exact) mass is 390 g/mol. The second-order valence-electron chi connectivity index (χ2n) is 5.74. The van der Waals surface area contributed by atoms with Crippen molar-refractivity contribution in [3.05, 3.63) is 60.2 Å². The van der Waals surface area contributed by atoms with Gasteiger partial charge in [-0.2, -0.15) is 0 Å². The number of sulfonamides is 1. The predicted molar refractivity (Wildman–Crippen MR) is 101 cm³/mol. The number of para-hydroxylation sites is 1. The van der Waals surface area contributed by atoms with Gasteiger partial charge in [0.1, 0.15) is 12.4 Å². The molecule has 0 saturated carbocycles. The van der Waals surface area contributed by atoms with E-state index in [2.05, 4.69) is 10.0 Å².